The number of carbonyl (C=O) groups is 1. The van der Waals surface area contributed by atoms with Gasteiger partial charge in [0, 0.05) is 11.4 Å². The van der Waals surface area contributed by atoms with E-state index in [0.717, 1.165) is 5.56 Å². The van der Waals surface area contributed by atoms with Gasteiger partial charge in [0.25, 0.3) is 5.91 Å². The molecule has 3 rings (SSSR count). The van der Waals surface area contributed by atoms with Crippen LogP contribution in [0.4, 0.5) is 5.69 Å². The van der Waals surface area contributed by atoms with Crippen molar-refractivity contribution in [3.05, 3.63) is 86.4 Å². The molecular formula is C19H13Cl2N3OS. The summed E-state index contributed by atoms with van der Waals surface area (Å²) in [7, 11) is 0. The van der Waals surface area contributed by atoms with Crippen LogP contribution in [0.3, 0.4) is 0 Å². The average molecular weight is 402 g/mol. The molecule has 2 aromatic carbocycles. The number of amides is 1. The Morgan fingerprint density at radius 2 is 1.81 bits per heavy atom. The zero-order valence-electron chi connectivity index (χ0n) is 13.4. The minimum Gasteiger partial charge on any atom is -0.331 e. The molecule has 130 valence electrons. The van der Waals surface area contributed by atoms with Crippen molar-refractivity contribution < 1.29 is 4.79 Å². The third-order valence-electron chi connectivity index (χ3n) is 3.43. The molecule has 2 N–H and O–H groups in total. The number of aromatic amines is 1. The van der Waals surface area contributed by atoms with Crippen molar-refractivity contribution in [1.82, 2.24) is 9.97 Å². The summed E-state index contributed by atoms with van der Waals surface area (Å²) in [4.78, 5) is 19.5. The summed E-state index contributed by atoms with van der Waals surface area (Å²) in [6, 6.07) is 16.3. The van der Waals surface area contributed by atoms with Crippen LogP contribution in [0.1, 0.15) is 21.7 Å². The quantitative estimate of drug-likeness (QED) is 0.537. The number of anilines is 1. The van der Waals surface area contributed by atoms with Gasteiger partial charge in [0.1, 0.15) is 5.69 Å². The number of halogens is 2. The van der Waals surface area contributed by atoms with Gasteiger partial charge >= 0.3 is 0 Å². The van der Waals surface area contributed by atoms with E-state index < -0.39 is 5.91 Å². The lowest BCUT2D eigenvalue weighted by atomic mass is 10.2. The zero-order chi connectivity index (χ0) is 18.5. The Kier molecular flexibility index (Phi) is 5.83. The van der Waals surface area contributed by atoms with Crippen LogP contribution in [0.15, 0.2) is 54.6 Å². The molecule has 7 heteroatoms. The van der Waals surface area contributed by atoms with Gasteiger partial charge in [-0.25, -0.2) is 4.98 Å². The lowest BCUT2D eigenvalue weighted by Crippen LogP contribution is -2.14. The number of hydrogen-bond acceptors (Lipinski definition) is 3. The van der Waals surface area contributed by atoms with E-state index in [0.29, 0.717) is 21.4 Å². The predicted molar refractivity (Wildman–Crippen MR) is 109 cm³/mol. The van der Waals surface area contributed by atoms with Crippen LogP contribution in [-0.4, -0.2) is 15.9 Å². The Morgan fingerprint density at radius 3 is 2.54 bits per heavy atom. The first-order valence-electron chi connectivity index (χ1n) is 7.62. The third kappa shape index (κ3) is 4.79. The Balaban J connectivity index is 1.82. The molecule has 26 heavy (non-hydrogen) atoms. The van der Waals surface area contributed by atoms with E-state index in [1.807, 2.05) is 42.5 Å². The summed E-state index contributed by atoms with van der Waals surface area (Å²) < 4.78 is 0.222. The van der Waals surface area contributed by atoms with Gasteiger partial charge < -0.3 is 10.3 Å². The van der Waals surface area contributed by atoms with Crippen LogP contribution in [0.5, 0.6) is 0 Å². The summed E-state index contributed by atoms with van der Waals surface area (Å²) in [5.41, 5.74) is 2.43. The number of aromatic nitrogens is 2. The number of nitrogens with zero attached hydrogens (tertiary/aromatic N) is 1. The number of nitrogens with one attached hydrogen (secondary N) is 2. The highest BCUT2D eigenvalue weighted by Crippen LogP contribution is 2.25. The van der Waals surface area contributed by atoms with E-state index in [1.165, 1.54) is 0 Å². The fourth-order valence-corrected chi connectivity index (χ4v) is 2.72. The number of H-pyrrole nitrogens is 1. The lowest BCUT2D eigenvalue weighted by molar-refractivity contribution is 0.102. The Labute approximate surface area is 165 Å². The van der Waals surface area contributed by atoms with Crippen molar-refractivity contribution in [1.29, 1.82) is 0 Å². The van der Waals surface area contributed by atoms with Crippen LogP contribution in [-0.2, 0) is 0 Å². The maximum Gasteiger partial charge on any atom is 0.274 e. The second-order valence-corrected chi connectivity index (χ2v) is 6.56. The van der Waals surface area contributed by atoms with E-state index in [-0.39, 0.29) is 10.5 Å². The summed E-state index contributed by atoms with van der Waals surface area (Å²) in [5.74, 6) is -0.391. The highest BCUT2D eigenvalue weighted by atomic mass is 35.5. The van der Waals surface area contributed by atoms with Crippen molar-refractivity contribution in [3.63, 3.8) is 0 Å². The first-order valence-corrected chi connectivity index (χ1v) is 8.78. The molecule has 0 aliphatic rings. The standard InChI is InChI=1S/C19H13Cl2N3OS/c20-15-9-8-13(10-16(15)21)22-18(25)17-11-14(23-19(26)24-17)7-6-12-4-2-1-3-5-12/h1-11H,(H,22,25)(H,23,24,26)/b7-6+. The summed E-state index contributed by atoms with van der Waals surface area (Å²) >= 11 is 17.0. The van der Waals surface area contributed by atoms with E-state index in [9.17, 15) is 4.79 Å². The Bertz CT molecular complexity index is 1030. The van der Waals surface area contributed by atoms with E-state index >= 15 is 0 Å². The van der Waals surface area contributed by atoms with Gasteiger partial charge in [-0.3, -0.25) is 4.79 Å². The molecule has 0 fully saturated rings. The molecule has 0 unspecified atom stereocenters. The summed E-state index contributed by atoms with van der Waals surface area (Å²) in [6.45, 7) is 0. The summed E-state index contributed by atoms with van der Waals surface area (Å²) in [6.07, 6.45) is 3.75. The molecule has 3 aromatic rings. The molecule has 0 spiro atoms. The number of benzene rings is 2. The van der Waals surface area contributed by atoms with E-state index in [2.05, 4.69) is 15.3 Å². The molecule has 1 aromatic heterocycles. The van der Waals surface area contributed by atoms with Crippen molar-refractivity contribution in [3.8, 4) is 0 Å². The minimum atomic E-state index is -0.391. The fraction of sp³-hybridized carbons (Fsp3) is 0. The van der Waals surface area contributed by atoms with Gasteiger partial charge in [-0.2, -0.15) is 0 Å². The van der Waals surface area contributed by atoms with Crippen molar-refractivity contribution in [2.24, 2.45) is 0 Å². The van der Waals surface area contributed by atoms with Gasteiger partial charge in [0.2, 0.25) is 0 Å². The molecule has 1 heterocycles. The van der Waals surface area contributed by atoms with Gasteiger partial charge in [-0.05, 0) is 48.1 Å². The van der Waals surface area contributed by atoms with Gasteiger partial charge in [0.05, 0.1) is 10.0 Å². The maximum absolute atomic E-state index is 12.5. The van der Waals surface area contributed by atoms with Crippen LogP contribution in [0, 0.1) is 4.77 Å². The highest BCUT2D eigenvalue weighted by molar-refractivity contribution is 7.71. The highest BCUT2D eigenvalue weighted by Gasteiger charge is 2.10. The SMILES string of the molecule is O=C(Nc1ccc(Cl)c(Cl)c1)c1cc(/C=C/c2ccccc2)[nH]c(=S)n1. The molecule has 0 aliphatic carbocycles. The number of rotatable bonds is 4. The molecule has 0 radical (unpaired) electrons. The van der Waals surface area contributed by atoms with Crippen molar-refractivity contribution in [2.45, 2.75) is 0 Å². The molecule has 4 nitrogen and oxygen atoms in total. The third-order valence-corrected chi connectivity index (χ3v) is 4.36. The molecule has 0 atom stereocenters. The zero-order valence-corrected chi connectivity index (χ0v) is 15.7. The van der Waals surface area contributed by atoms with Crippen molar-refractivity contribution >= 4 is 59.2 Å². The molecule has 0 aliphatic heterocycles. The molecule has 0 bridgehead atoms. The molecule has 0 saturated carbocycles. The topological polar surface area (TPSA) is 57.8 Å². The minimum absolute atomic E-state index is 0.201. The van der Waals surface area contributed by atoms with Gasteiger partial charge in [-0.1, -0.05) is 59.6 Å². The van der Waals surface area contributed by atoms with Crippen LogP contribution in [0.25, 0.3) is 12.2 Å². The normalized spacial score (nSPS) is 10.8. The van der Waals surface area contributed by atoms with Gasteiger partial charge in [0.15, 0.2) is 4.77 Å². The fourth-order valence-electron chi connectivity index (χ4n) is 2.20. The summed E-state index contributed by atoms with van der Waals surface area (Å²) in [5, 5.41) is 3.50. The van der Waals surface area contributed by atoms with Crippen molar-refractivity contribution in [2.75, 3.05) is 5.32 Å². The predicted octanol–water partition coefficient (Wildman–Crippen LogP) is 5.87. The monoisotopic (exact) mass is 401 g/mol. The number of carbonyl (C=O) groups excluding carboxylic acids is 1. The first kappa shape index (κ1) is 18.3. The Hall–Kier alpha value is -2.47. The maximum atomic E-state index is 12.5. The molecule has 0 saturated heterocycles. The van der Waals surface area contributed by atoms with Gasteiger partial charge in [-0.15, -0.1) is 0 Å². The second kappa shape index (κ2) is 8.27. The van der Waals surface area contributed by atoms with E-state index in [1.54, 1.807) is 24.3 Å². The van der Waals surface area contributed by atoms with Crippen LogP contribution >= 0.6 is 35.4 Å². The second-order valence-electron chi connectivity index (χ2n) is 5.35. The lowest BCUT2D eigenvalue weighted by Gasteiger charge is -2.06. The van der Waals surface area contributed by atoms with E-state index in [4.69, 9.17) is 35.4 Å². The number of hydrogen-bond donors (Lipinski definition) is 2. The Morgan fingerprint density at radius 1 is 1.04 bits per heavy atom. The first-order chi connectivity index (χ1) is 12.5. The molecule has 1 amide bonds. The smallest absolute Gasteiger partial charge is 0.274 e. The molecular weight excluding hydrogens is 389 g/mol. The van der Waals surface area contributed by atoms with Crippen LogP contribution < -0.4 is 5.32 Å². The average Bonchev–Trinajstić information content (AvgIpc) is 2.63. The van der Waals surface area contributed by atoms with Crippen LogP contribution in [0.2, 0.25) is 10.0 Å². The largest absolute Gasteiger partial charge is 0.331 e.